The van der Waals surface area contributed by atoms with Crippen molar-refractivity contribution < 1.29 is 27.4 Å². The first-order chi connectivity index (χ1) is 8.78. The minimum atomic E-state index is -4.91. The van der Waals surface area contributed by atoms with Crippen LogP contribution in [0.25, 0.3) is 0 Å². The third-order valence-electron chi connectivity index (χ3n) is 2.21. The second kappa shape index (κ2) is 5.74. The van der Waals surface area contributed by atoms with Crippen molar-refractivity contribution in [1.82, 2.24) is 4.98 Å². The first-order valence-electron chi connectivity index (χ1n) is 5.07. The van der Waals surface area contributed by atoms with Crippen LogP contribution in [0.1, 0.15) is 11.3 Å². The highest BCUT2D eigenvalue weighted by Gasteiger charge is 2.33. The SMILES string of the molecule is COC(=O)Cc1ncc(N)c(OC(F)(F)F)c1CN. The standard InChI is InChI=1S/C10H12F3N3O3/c1-18-8(17)2-7-5(3-14)9(6(15)4-16-7)19-10(11,12)13/h4H,2-3,14-15H2,1H3. The van der Waals surface area contributed by atoms with E-state index in [1.165, 1.54) is 0 Å². The maximum absolute atomic E-state index is 12.3. The summed E-state index contributed by atoms with van der Waals surface area (Å²) < 4.78 is 45.0. The zero-order valence-corrected chi connectivity index (χ0v) is 9.95. The molecule has 0 spiro atoms. The summed E-state index contributed by atoms with van der Waals surface area (Å²) in [5.41, 5.74) is 10.4. The van der Waals surface area contributed by atoms with Crippen molar-refractivity contribution in [2.24, 2.45) is 5.73 Å². The molecule has 0 saturated carbocycles. The van der Waals surface area contributed by atoms with Crippen molar-refractivity contribution in [2.75, 3.05) is 12.8 Å². The number of nitrogens with two attached hydrogens (primary N) is 2. The van der Waals surface area contributed by atoms with E-state index in [1.807, 2.05) is 0 Å². The number of esters is 1. The van der Waals surface area contributed by atoms with Crippen molar-refractivity contribution in [3.05, 3.63) is 17.5 Å². The molecule has 1 heterocycles. The molecule has 0 saturated heterocycles. The number of halogens is 3. The Balaban J connectivity index is 3.21. The maximum Gasteiger partial charge on any atom is 0.573 e. The van der Waals surface area contributed by atoms with Gasteiger partial charge in [0.2, 0.25) is 0 Å². The van der Waals surface area contributed by atoms with Crippen molar-refractivity contribution in [3.63, 3.8) is 0 Å². The lowest BCUT2D eigenvalue weighted by molar-refractivity contribution is -0.274. The molecule has 0 aliphatic rings. The summed E-state index contributed by atoms with van der Waals surface area (Å²) in [6, 6.07) is 0. The molecule has 106 valence electrons. The first-order valence-corrected chi connectivity index (χ1v) is 5.07. The van der Waals surface area contributed by atoms with Gasteiger partial charge in [-0.25, -0.2) is 0 Å². The third kappa shape index (κ3) is 3.98. The molecule has 0 aliphatic carbocycles. The summed E-state index contributed by atoms with van der Waals surface area (Å²) in [5, 5.41) is 0. The van der Waals surface area contributed by atoms with E-state index in [2.05, 4.69) is 14.5 Å². The van der Waals surface area contributed by atoms with Gasteiger partial charge in [0.05, 0.1) is 31.1 Å². The molecule has 1 rings (SSSR count). The average molecular weight is 279 g/mol. The van der Waals surface area contributed by atoms with Crippen molar-refractivity contribution >= 4 is 11.7 Å². The smallest absolute Gasteiger partial charge is 0.469 e. The number of rotatable bonds is 4. The number of nitrogen functional groups attached to an aromatic ring is 1. The molecule has 0 radical (unpaired) electrons. The number of alkyl halides is 3. The first kappa shape index (κ1) is 15.0. The molecular formula is C10H12F3N3O3. The Kier molecular flexibility index (Phi) is 4.54. The summed E-state index contributed by atoms with van der Waals surface area (Å²) in [4.78, 5) is 14.9. The van der Waals surface area contributed by atoms with Crippen LogP contribution in [-0.2, 0) is 22.5 Å². The Morgan fingerprint density at radius 3 is 2.58 bits per heavy atom. The Bertz CT molecular complexity index is 477. The molecule has 0 aliphatic heterocycles. The molecule has 0 fully saturated rings. The topological polar surface area (TPSA) is 100 Å². The Morgan fingerprint density at radius 2 is 2.11 bits per heavy atom. The van der Waals surface area contributed by atoms with E-state index in [1.54, 1.807) is 0 Å². The fourth-order valence-electron chi connectivity index (χ4n) is 1.40. The van der Waals surface area contributed by atoms with E-state index in [0.29, 0.717) is 0 Å². The van der Waals surface area contributed by atoms with Crippen LogP contribution in [0.4, 0.5) is 18.9 Å². The largest absolute Gasteiger partial charge is 0.573 e. The van der Waals surface area contributed by atoms with Crippen molar-refractivity contribution in [3.8, 4) is 5.75 Å². The molecule has 6 nitrogen and oxygen atoms in total. The average Bonchev–Trinajstić information content (AvgIpc) is 2.31. The summed E-state index contributed by atoms with van der Waals surface area (Å²) in [6.07, 6.45) is -4.27. The molecule has 19 heavy (non-hydrogen) atoms. The monoisotopic (exact) mass is 279 g/mol. The summed E-state index contributed by atoms with van der Waals surface area (Å²) in [6.45, 7) is -0.310. The van der Waals surface area contributed by atoms with Crippen LogP contribution < -0.4 is 16.2 Å². The lowest BCUT2D eigenvalue weighted by atomic mass is 10.1. The van der Waals surface area contributed by atoms with Gasteiger partial charge < -0.3 is 20.9 Å². The van der Waals surface area contributed by atoms with Crippen LogP contribution in [0.5, 0.6) is 5.75 Å². The van der Waals surface area contributed by atoms with E-state index in [-0.39, 0.29) is 29.9 Å². The van der Waals surface area contributed by atoms with Crippen molar-refractivity contribution in [1.29, 1.82) is 0 Å². The summed E-state index contributed by atoms with van der Waals surface area (Å²) in [7, 11) is 1.15. The molecule has 1 aromatic rings. The second-order valence-corrected chi connectivity index (χ2v) is 3.47. The summed E-state index contributed by atoms with van der Waals surface area (Å²) >= 11 is 0. The minimum absolute atomic E-state index is 0.0304. The number of carbonyl (C=O) groups excluding carboxylic acids is 1. The molecule has 0 aromatic carbocycles. The Labute approximate surface area is 106 Å². The third-order valence-corrected chi connectivity index (χ3v) is 2.21. The Hall–Kier alpha value is -2.03. The molecule has 9 heteroatoms. The number of nitrogens with zero attached hydrogens (tertiary/aromatic N) is 1. The number of hydrogen-bond donors (Lipinski definition) is 2. The number of ether oxygens (including phenoxy) is 2. The number of methoxy groups -OCH3 is 1. The van der Waals surface area contributed by atoms with Crippen LogP contribution in [0.15, 0.2) is 6.20 Å². The lowest BCUT2D eigenvalue weighted by Crippen LogP contribution is -2.21. The zero-order valence-electron chi connectivity index (χ0n) is 9.95. The minimum Gasteiger partial charge on any atom is -0.469 e. The molecule has 0 bridgehead atoms. The highest BCUT2D eigenvalue weighted by molar-refractivity contribution is 5.73. The number of carbonyl (C=O) groups is 1. The van der Waals surface area contributed by atoms with Gasteiger partial charge in [0.15, 0.2) is 5.75 Å². The molecule has 4 N–H and O–H groups in total. The normalized spacial score (nSPS) is 11.2. The number of pyridine rings is 1. The fraction of sp³-hybridized carbons (Fsp3) is 0.400. The molecule has 1 aromatic heterocycles. The van der Waals surface area contributed by atoms with E-state index < -0.39 is 18.1 Å². The van der Waals surface area contributed by atoms with Crippen LogP contribution in [0, 0.1) is 0 Å². The van der Waals surface area contributed by atoms with Gasteiger partial charge in [0, 0.05) is 12.1 Å². The van der Waals surface area contributed by atoms with Gasteiger partial charge in [0.25, 0.3) is 0 Å². The van der Waals surface area contributed by atoms with Crippen LogP contribution in [0.2, 0.25) is 0 Å². The molecule has 0 atom stereocenters. The number of aromatic nitrogens is 1. The van der Waals surface area contributed by atoms with Gasteiger partial charge >= 0.3 is 12.3 Å². The van der Waals surface area contributed by atoms with Gasteiger partial charge in [-0.05, 0) is 0 Å². The van der Waals surface area contributed by atoms with Crippen LogP contribution >= 0.6 is 0 Å². The maximum atomic E-state index is 12.3. The van der Waals surface area contributed by atoms with E-state index >= 15 is 0 Å². The highest BCUT2D eigenvalue weighted by atomic mass is 19.4. The summed E-state index contributed by atoms with van der Waals surface area (Å²) in [5.74, 6) is -1.30. The highest BCUT2D eigenvalue weighted by Crippen LogP contribution is 2.33. The second-order valence-electron chi connectivity index (χ2n) is 3.47. The quantitative estimate of drug-likeness (QED) is 0.788. The molecule has 0 amide bonds. The van der Waals surface area contributed by atoms with E-state index in [0.717, 1.165) is 13.3 Å². The fourth-order valence-corrected chi connectivity index (χ4v) is 1.40. The number of anilines is 1. The number of hydrogen-bond acceptors (Lipinski definition) is 6. The van der Waals surface area contributed by atoms with Crippen LogP contribution in [-0.4, -0.2) is 24.4 Å². The van der Waals surface area contributed by atoms with E-state index in [4.69, 9.17) is 11.5 Å². The lowest BCUT2D eigenvalue weighted by Gasteiger charge is -2.16. The van der Waals surface area contributed by atoms with E-state index in [9.17, 15) is 18.0 Å². The van der Waals surface area contributed by atoms with Crippen LogP contribution in [0.3, 0.4) is 0 Å². The predicted molar refractivity (Wildman–Crippen MR) is 58.9 cm³/mol. The van der Waals surface area contributed by atoms with Gasteiger partial charge in [0.1, 0.15) is 0 Å². The van der Waals surface area contributed by atoms with Gasteiger partial charge in [-0.3, -0.25) is 9.78 Å². The predicted octanol–water partition coefficient (Wildman–Crippen LogP) is 0.737. The van der Waals surface area contributed by atoms with Gasteiger partial charge in [-0.2, -0.15) is 0 Å². The van der Waals surface area contributed by atoms with Crippen molar-refractivity contribution in [2.45, 2.75) is 19.3 Å². The Morgan fingerprint density at radius 1 is 1.47 bits per heavy atom. The molecule has 0 unspecified atom stereocenters. The van der Waals surface area contributed by atoms with Gasteiger partial charge in [-0.1, -0.05) is 0 Å². The zero-order chi connectivity index (χ0) is 14.6. The van der Waals surface area contributed by atoms with Gasteiger partial charge in [-0.15, -0.1) is 13.2 Å². The molecular weight excluding hydrogens is 267 g/mol.